The van der Waals surface area contributed by atoms with Gasteiger partial charge in [-0.05, 0) is 18.3 Å². The molecule has 0 aromatic carbocycles. The molecule has 1 heterocycles. The van der Waals surface area contributed by atoms with Gasteiger partial charge in [-0.3, -0.25) is 4.79 Å². The van der Waals surface area contributed by atoms with Gasteiger partial charge in [-0.15, -0.1) is 0 Å². The van der Waals surface area contributed by atoms with Crippen molar-refractivity contribution in [2.24, 2.45) is 17.8 Å². The van der Waals surface area contributed by atoms with E-state index in [-0.39, 0.29) is 12.1 Å². The lowest BCUT2D eigenvalue weighted by atomic mass is 9.87. The Bertz CT molecular complexity index is 202. The van der Waals surface area contributed by atoms with Crippen LogP contribution in [0.2, 0.25) is 0 Å². The van der Waals surface area contributed by atoms with Gasteiger partial charge >= 0.3 is 5.97 Å². The number of fused-ring (bicyclic) bond motifs is 1. The number of cyclic esters (lactones) is 1. The molecule has 1 aliphatic carbocycles. The van der Waals surface area contributed by atoms with Gasteiger partial charge in [0, 0.05) is 12.3 Å². The molecule has 0 radical (unpaired) electrons. The van der Waals surface area contributed by atoms with E-state index in [1.165, 1.54) is 0 Å². The van der Waals surface area contributed by atoms with Gasteiger partial charge in [0.2, 0.25) is 0 Å². The van der Waals surface area contributed by atoms with E-state index >= 15 is 0 Å². The van der Waals surface area contributed by atoms with Gasteiger partial charge < -0.3 is 9.84 Å². The average molecular weight is 170 g/mol. The lowest BCUT2D eigenvalue weighted by Gasteiger charge is -2.26. The van der Waals surface area contributed by atoms with Crippen LogP contribution in [0.15, 0.2) is 0 Å². The summed E-state index contributed by atoms with van der Waals surface area (Å²) in [6.07, 6.45) is 1.06. The molecular formula is C9H14O3. The van der Waals surface area contributed by atoms with Crippen molar-refractivity contribution in [3.8, 4) is 0 Å². The van der Waals surface area contributed by atoms with Crippen LogP contribution >= 0.6 is 0 Å². The zero-order chi connectivity index (χ0) is 8.72. The number of esters is 1. The van der Waals surface area contributed by atoms with E-state index < -0.39 is 0 Å². The zero-order valence-corrected chi connectivity index (χ0v) is 7.19. The Kier molecular flexibility index (Phi) is 1.83. The average Bonchev–Trinajstić information content (AvgIpc) is 2.28. The lowest BCUT2D eigenvalue weighted by molar-refractivity contribution is -0.152. The summed E-state index contributed by atoms with van der Waals surface area (Å²) < 4.78 is 4.96. The highest BCUT2D eigenvalue weighted by molar-refractivity contribution is 5.70. The quantitative estimate of drug-likeness (QED) is 0.540. The smallest absolute Gasteiger partial charge is 0.306 e. The summed E-state index contributed by atoms with van der Waals surface area (Å²) in [6.45, 7) is 2.55. The highest BCUT2D eigenvalue weighted by Gasteiger charge is 2.43. The molecule has 2 fully saturated rings. The van der Waals surface area contributed by atoms with Crippen LogP contribution in [-0.4, -0.2) is 23.8 Å². The Morgan fingerprint density at radius 2 is 2.33 bits per heavy atom. The second-order valence-electron chi connectivity index (χ2n) is 3.97. The zero-order valence-electron chi connectivity index (χ0n) is 7.19. The highest BCUT2D eigenvalue weighted by atomic mass is 16.5. The number of rotatable bonds is 0. The molecule has 3 heteroatoms. The van der Waals surface area contributed by atoms with Crippen molar-refractivity contribution in [3.63, 3.8) is 0 Å². The van der Waals surface area contributed by atoms with E-state index in [9.17, 15) is 9.90 Å². The number of carbonyl (C=O) groups is 1. The van der Waals surface area contributed by atoms with Gasteiger partial charge in [0.15, 0.2) is 0 Å². The standard InChI is InChI=1S/C9H14O3/c1-5-7-4-12-9(11)3-6(7)2-8(5)10/h5-8,10H,2-4H2,1H3/t5-,6-,7+,8+/m1/s1. The van der Waals surface area contributed by atoms with Crippen LogP contribution in [0.1, 0.15) is 19.8 Å². The number of ether oxygens (including phenoxy) is 1. The second-order valence-corrected chi connectivity index (χ2v) is 3.97. The Labute approximate surface area is 71.7 Å². The summed E-state index contributed by atoms with van der Waals surface area (Å²) in [4.78, 5) is 10.9. The van der Waals surface area contributed by atoms with E-state index in [0.29, 0.717) is 30.8 Å². The van der Waals surface area contributed by atoms with Crippen molar-refractivity contribution in [3.05, 3.63) is 0 Å². The molecule has 0 spiro atoms. The summed E-state index contributed by atoms with van der Waals surface area (Å²) in [6, 6.07) is 0. The predicted octanol–water partition coefficient (Wildman–Crippen LogP) is 0.566. The Balaban J connectivity index is 2.09. The molecule has 0 unspecified atom stereocenters. The molecule has 4 atom stereocenters. The second kappa shape index (κ2) is 2.73. The van der Waals surface area contributed by atoms with Crippen LogP contribution in [0.25, 0.3) is 0 Å². The fourth-order valence-electron chi connectivity index (χ4n) is 2.40. The first-order chi connectivity index (χ1) is 5.68. The third-order valence-corrected chi connectivity index (χ3v) is 3.30. The van der Waals surface area contributed by atoms with Gasteiger partial charge in [0.1, 0.15) is 0 Å². The van der Waals surface area contributed by atoms with Crippen LogP contribution in [0.3, 0.4) is 0 Å². The molecule has 1 saturated heterocycles. The maximum absolute atomic E-state index is 10.9. The minimum absolute atomic E-state index is 0.0995. The summed E-state index contributed by atoms with van der Waals surface area (Å²) >= 11 is 0. The molecule has 3 nitrogen and oxygen atoms in total. The van der Waals surface area contributed by atoms with Crippen molar-refractivity contribution in [1.82, 2.24) is 0 Å². The number of carbonyl (C=O) groups excluding carboxylic acids is 1. The SMILES string of the molecule is C[C@@H]1[C@@H]2COC(=O)C[C@H]2C[C@@H]1O. The molecule has 0 aromatic rings. The van der Waals surface area contributed by atoms with Gasteiger partial charge in [0.25, 0.3) is 0 Å². The van der Waals surface area contributed by atoms with E-state index in [1.54, 1.807) is 0 Å². The number of hydrogen-bond acceptors (Lipinski definition) is 3. The Hall–Kier alpha value is -0.570. The van der Waals surface area contributed by atoms with Crippen molar-refractivity contribution < 1.29 is 14.6 Å². The molecule has 1 N–H and O–H groups in total. The molecule has 0 bridgehead atoms. The highest BCUT2D eigenvalue weighted by Crippen LogP contribution is 2.41. The van der Waals surface area contributed by atoms with Crippen LogP contribution in [-0.2, 0) is 9.53 Å². The molecule has 0 aromatic heterocycles. The van der Waals surface area contributed by atoms with Crippen molar-refractivity contribution in [2.45, 2.75) is 25.9 Å². The molecule has 2 rings (SSSR count). The molecule has 12 heavy (non-hydrogen) atoms. The van der Waals surface area contributed by atoms with Crippen LogP contribution in [0, 0.1) is 17.8 Å². The van der Waals surface area contributed by atoms with Crippen molar-refractivity contribution in [1.29, 1.82) is 0 Å². The first-order valence-electron chi connectivity index (χ1n) is 4.52. The maximum Gasteiger partial charge on any atom is 0.306 e. The van der Waals surface area contributed by atoms with Gasteiger partial charge in [-0.25, -0.2) is 0 Å². The lowest BCUT2D eigenvalue weighted by Crippen LogP contribution is -2.30. The third-order valence-electron chi connectivity index (χ3n) is 3.30. The van der Waals surface area contributed by atoms with Gasteiger partial charge in [-0.2, -0.15) is 0 Å². The number of aliphatic hydroxyl groups excluding tert-OH is 1. The van der Waals surface area contributed by atoms with E-state index in [4.69, 9.17) is 4.74 Å². The Morgan fingerprint density at radius 1 is 1.58 bits per heavy atom. The van der Waals surface area contributed by atoms with E-state index in [1.807, 2.05) is 6.92 Å². The minimum atomic E-state index is -0.227. The molecule has 1 aliphatic heterocycles. The minimum Gasteiger partial charge on any atom is -0.465 e. The van der Waals surface area contributed by atoms with Crippen molar-refractivity contribution in [2.75, 3.05) is 6.61 Å². The van der Waals surface area contributed by atoms with Crippen LogP contribution in [0.4, 0.5) is 0 Å². The number of hydrogen-bond donors (Lipinski definition) is 1. The Morgan fingerprint density at radius 3 is 3.08 bits per heavy atom. The van der Waals surface area contributed by atoms with Gasteiger partial charge in [0.05, 0.1) is 12.7 Å². The molecule has 1 saturated carbocycles. The van der Waals surface area contributed by atoms with E-state index in [2.05, 4.69) is 0 Å². The summed E-state index contributed by atoms with van der Waals surface area (Å²) in [7, 11) is 0. The first-order valence-corrected chi connectivity index (χ1v) is 4.52. The summed E-state index contributed by atoms with van der Waals surface area (Å²) in [5.41, 5.74) is 0. The fraction of sp³-hybridized carbons (Fsp3) is 0.889. The van der Waals surface area contributed by atoms with Crippen molar-refractivity contribution >= 4 is 5.97 Å². The van der Waals surface area contributed by atoms with Crippen LogP contribution in [0.5, 0.6) is 0 Å². The maximum atomic E-state index is 10.9. The normalized spacial score (nSPS) is 47.0. The molecular weight excluding hydrogens is 156 g/mol. The topological polar surface area (TPSA) is 46.5 Å². The number of aliphatic hydroxyl groups is 1. The molecule has 0 amide bonds. The fourth-order valence-corrected chi connectivity index (χ4v) is 2.40. The largest absolute Gasteiger partial charge is 0.465 e. The van der Waals surface area contributed by atoms with E-state index in [0.717, 1.165) is 6.42 Å². The molecule has 68 valence electrons. The van der Waals surface area contributed by atoms with Gasteiger partial charge in [-0.1, -0.05) is 6.92 Å². The van der Waals surface area contributed by atoms with Crippen LogP contribution < -0.4 is 0 Å². The monoisotopic (exact) mass is 170 g/mol. The summed E-state index contributed by atoms with van der Waals surface area (Å²) in [5, 5.41) is 9.55. The predicted molar refractivity (Wildman–Crippen MR) is 42.3 cm³/mol. The third kappa shape index (κ3) is 1.12. The molecule has 2 aliphatic rings. The first kappa shape index (κ1) is 8.05. The summed E-state index contributed by atoms with van der Waals surface area (Å²) in [5.74, 6) is 0.967.